The second-order valence-electron chi connectivity index (χ2n) is 4.02. The van der Waals surface area contributed by atoms with Crippen LogP contribution in [0.1, 0.15) is 13.8 Å². The molecule has 0 aliphatic rings. The van der Waals surface area contributed by atoms with Crippen molar-refractivity contribution in [2.45, 2.75) is 19.9 Å². The lowest BCUT2D eigenvalue weighted by atomic mass is 10.3. The van der Waals surface area contributed by atoms with Gasteiger partial charge in [0, 0.05) is 27.9 Å². The maximum atomic E-state index is 6.02. The van der Waals surface area contributed by atoms with Crippen molar-refractivity contribution >= 4 is 33.5 Å². The molecule has 0 radical (unpaired) electrons. The van der Waals surface area contributed by atoms with Crippen molar-refractivity contribution in [2.24, 2.45) is 0 Å². The van der Waals surface area contributed by atoms with Crippen LogP contribution in [0, 0.1) is 0 Å². The predicted molar refractivity (Wildman–Crippen MR) is 75.0 cm³/mol. The molecular weight excluding hydrogens is 302 g/mol. The second-order valence-corrected chi connectivity index (χ2v) is 5.31. The molecule has 0 bridgehead atoms. The first-order valence-electron chi connectivity index (χ1n) is 5.33. The van der Waals surface area contributed by atoms with Crippen LogP contribution in [-0.2, 0) is 0 Å². The van der Waals surface area contributed by atoms with Crippen LogP contribution in [0.3, 0.4) is 0 Å². The Bertz CT molecular complexity index is 522. The minimum absolute atomic E-state index is 0.328. The van der Waals surface area contributed by atoms with Crippen molar-refractivity contribution in [1.29, 1.82) is 0 Å². The summed E-state index contributed by atoms with van der Waals surface area (Å²) in [6.07, 6.45) is 3.67. The molecule has 1 aromatic carbocycles. The maximum Gasteiger partial charge on any atom is 0.207 e. The van der Waals surface area contributed by atoms with E-state index >= 15 is 0 Å². The minimum atomic E-state index is 0.328. The number of halogens is 2. The monoisotopic (exact) mass is 313 g/mol. The number of nitrogens with one attached hydrogen (secondary N) is 1. The highest BCUT2D eigenvalue weighted by Gasteiger charge is 2.09. The first kappa shape index (κ1) is 12.5. The number of nitrogens with zero attached hydrogens (tertiary/aromatic N) is 2. The summed E-state index contributed by atoms with van der Waals surface area (Å²) in [6.45, 7) is 4.15. The molecule has 0 aliphatic heterocycles. The molecule has 0 spiro atoms. The summed E-state index contributed by atoms with van der Waals surface area (Å²) in [4.78, 5) is 4.29. The number of anilines is 1. The lowest BCUT2D eigenvalue weighted by molar-refractivity contribution is 0.863. The van der Waals surface area contributed by atoms with E-state index in [0.717, 1.165) is 16.1 Å². The van der Waals surface area contributed by atoms with Gasteiger partial charge in [0.25, 0.3) is 0 Å². The lowest BCUT2D eigenvalue weighted by Gasteiger charge is -2.13. The van der Waals surface area contributed by atoms with E-state index < -0.39 is 0 Å². The first-order chi connectivity index (χ1) is 8.08. The number of rotatable bonds is 3. The molecule has 2 rings (SSSR count). The average Bonchev–Trinajstić information content (AvgIpc) is 2.69. The van der Waals surface area contributed by atoms with Crippen molar-refractivity contribution in [2.75, 3.05) is 5.32 Å². The van der Waals surface area contributed by atoms with Crippen molar-refractivity contribution in [3.05, 3.63) is 40.1 Å². The zero-order valence-corrected chi connectivity index (χ0v) is 12.0. The maximum absolute atomic E-state index is 6.02. The van der Waals surface area contributed by atoms with Crippen LogP contribution < -0.4 is 5.32 Å². The fourth-order valence-corrected chi connectivity index (χ4v) is 2.14. The van der Waals surface area contributed by atoms with Gasteiger partial charge >= 0.3 is 0 Å². The van der Waals surface area contributed by atoms with Gasteiger partial charge in [-0.1, -0.05) is 11.6 Å². The second kappa shape index (κ2) is 5.10. The largest absolute Gasteiger partial charge is 0.353 e. The topological polar surface area (TPSA) is 29.9 Å². The lowest BCUT2D eigenvalue weighted by Crippen LogP contribution is -2.14. The molecule has 0 saturated carbocycles. The highest BCUT2D eigenvalue weighted by molar-refractivity contribution is 9.10. The quantitative estimate of drug-likeness (QED) is 0.924. The van der Waals surface area contributed by atoms with Crippen LogP contribution in [0.15, 0.2) is 35.1 Å². The minimum Gasteiger partial charge on any atom is -0.353 e. The van der Waals surface area contributed by atoms with Gasteiger partial charge in [0.15, 0.2) is 0 Å². The SMILES string of the molecule is CC(C)Nc1nccn1-c1cc(Cl)ccc1Br. The Hall–Kier alpha value is -1.000. The molecule has 0 aliphatic carbocycles. The van der Waals surface area contributed by atoms with E-state index in [2.05, 4.69) is 40.1 Å². The van der Waals surface area contributed by atoms with E-state index in [1.54, 1.807) is 6.20 Å². The summed E-state index contributed by atoms with van der Waals surface area (Å²) >= 11 is 9.53. The molecule has 0 saturated heterocycles. The van der Waals surface area contributed by atoms with E-state index in [-0.39, 0.29) is 0 Å². The fourth-order valence-electron chi connectivity index (χ4n) is 1.53. The summed E-state index contributed by atoms with van der Waals surface area (Å²) in [7, 11) is 0. The van der Waals surface area contributed by atoms with Crippen LogP contribution in [0.4, 0.5) is 5.95 Å². The van der Waals surface area contributed by atoms with E-state index in [9.17, 15) is 0 Å². The van der Waals surface area contributed by atoms with Crippen molar-refractivity contribution in [3.63, 3.8) is 0 Å². The van der Waals surface area contributed by atoms with Gasteiger partial charge in [0.1, 0.15) is 0 Å². The molecule has 2 aromatic rings. The molecule has 0 fully saturated rings. The third-order valence-corrected chi connectivity index (χ3v) is 3.13. The number of benzene rings is 1. The Balaban J connectivity index is 2.45. The van der Waals surface area contributed by atoms with Gasteiger partial charge in [0.05, 0.1) is 5.69 Å². The highest BCUT2D eigenvalue weighted by Crippen LogP contribution is 2.27. The Morgan fingerprint density at radius 2 is 2.18 bits per heavy atom. The summed E-state index contributed by atoms with van der Waals surface area (Å²) in [5, 5.41) is 3.99. The normalized spacial score (nSPS) is 10.9. The summed E-state index contributed by atoms with van der Waals surface area (Å²) in [5.74, 6) is 0.808. The molecule has 1 heterocycles. The third-order valence-electron chi connectivity index (χ3n) is 2.23. The van der Waals surface area contributed by atoms with Gasteiger partial charge in [-0.15, -0.1) is 0 Å². The Morgan fingerprint density at radius 3 is 2.88 bits per heavy atom. The van der Waals surface area contributed by atoms with Gasteiger partial charge < -0.3 is 5.32 Å². The Kier molecular flexibility index (Phi) is 3.74. The molecule has 0 amide bonds. The number of aromatic nitrogens is 2. The zero-order chi connectivity index (χ0) is 12.4. The van der Waals surface area contributed by atoms with Gasteiger partial charge in [-0.3, -0.25) is 4.57 Å². The van der Waals surface area contributed by atoms with Crippen LogP contribution in [-0.4, -0.2) is 15.6 Å². The number of imidazole rings is 1. The average molecular weight is 315 g/mol. The van der Waals surface area contributed by atoms with Crippen molar-refractivity contribution in [3.8, 4) is 5.69 Å². The summed E-state index contributed by atoms with van der Waals surface area (Å²) in [5.41, 5.74) is 0.971. The summed E-state index contributed by atoms with van der Waals surface area (Å²) < 4.78 is 2.95. The van der Waals surface area contributed by atoms with Gasteiger partial charge in [-0.25, -0.2) is 4.98 Å². The predicted octanol–water partition coefficient (Wildman–Crippen LogP) is 4.11. The molecule has 90 valence electrons. The molecule has 1 N–H and O–H groups in total. The van der Waals surface area contributed by atoms with Gasteiger partial charge in [-0.05, 0) is 48.0 Å². The van der Waals surface area contributed by atoms with E-state index in [1.807, 2.05) is 29.0 Å². The van der Waals surface area contributed by atoms with E-state index in [4.69, 9.17) is 11.6 Å². The number of hydrogen-bond donors (Lipinski definition) is 1. The van der Waals surface area contributed by atoms with Crippen molar-refractivity contribution < 1.29 is 0 Å². The third kappa shape index (κ3) is 2.82. The van der Waals surface area contributed by atoms with Gasteiger partial charge in [-0.2, -0.15) is 0 Å². The van der Waals surface area contributed by atoms with Crippen LogP contribution in [0.25, 0.3) is 5.69 Å². The molecule has 5 heteroatoms. The van der Waals surface area contributed by atoms with Crippen LogP contribution in [0.2, 0.25) is 5.02 Å². The molecule has 1 aromatic heterocycles. The molecule has 0 unspecified atom stereocenters. The summed E-state index contributed by atoms with van der Waals surface area (Å²) in [6, 6.07) is 6.01. The van der Waals surface area contributed by atoms with E-state index in [1.165, 1.54) is 0 Å². The van der Waals surface area contributed by atoms with E-state index in [0.29, 0.717) is 11.1 Å². The van der Waals surface area contributed by atoms with Crippen LogP contribution >= 0.6 is 27.5 Å². The van der Waals surface area contributed by atoms with Crippen molar-refractivity contribution in [1.82, 2.24) is 9.55 Å². The highest BCUT2D eigenvalue weighted by atomic mass is 79.9. The molecular formula is C12H13BrClN3. The Morgan fingerprint density at radius 1 is 1.41 bits per heavy atom. The molecule has 17 heavy (non-hydrogen) atoms. The van der Waals surface area contributed by atoms with Gasteiger partial charge in [0.2, 0.25) is 5.95 Å². The first-order valence-corrected chi connectivity index (χ1v) is 6.50. The number of hydrogen-bond acceptors (Lipinski definition) is 2. The smallest absolute Gasteiger partial charge is 0.207 e. The zero-order valence-electron chi connectivity index (χ0n) is 9.61. The Labute approximate surface area is 114 Å². The standard InChI is InChI=1S/C12H13BrClN3/c1-8(2)16-12-15-5-6-17(12)11-7-9(14)3-4-10(11)13/h3-8H,1-2H3,(H,15,16). The van der Waals surface area contributed by atoms with Crippen LogP contribution in [0.5, 0.6) is 0 Å². The fraction of sp³-hybridized carbons (Fsp3) is 0.250. The molecule has 3 nitrogen and oxygen atoms in total. The molecule has 0 atom stereocenters.